The SMILES string of the molecule is Cc1cc2nc3c(=O)[nH]c(=O)nc-3n(C[C@@H](OC(=O)c3cccnc3)[C@@H](O)[C@@H](O)CO)c2cc1C. The summed E-state index contributed by atoms with van der Waals surface area (Å²) in [5, 5.41) is 30.2. The lowest BCUT2D eigenvalue weighted by atomic mass is 10.1. The van der Waals surface area contributed by atoms with Gasteiger partial charge in [0.15, 0.2) is 11.5 Å². The number of esters is 1. The molecule has 12 nitrogen and oxygen atoms in total. The van der Waals surface area contributed by atoms with Crippen molar-refractivity contribution in [3.8, 4) is 11.5 Å². The molecule has 2 aliphatic heterocycles. The van der Waals surface area contributed by atoms with Crippen molar-refractivity contribution in [2.75, 3.05) is 6.61 Å². The van der Waals surface area contributed by atoms with Crippen LogP contribution in [0.4, 0.5) is 0 Å². The van der Waals surface area contributed by atoms with Gasteiger partial charge in [0.1, 0.15) is 18.3 Å². The van der Waals surface area contributed by atoms with Crippen molar-refractivity contribution in [2.24, 2.45) is 0 Å². The summed E-state index contributed by atoms with van der Waals surface area (Å²) in [4.78, 5) is 51.5. The van der Waals surface area contributed by atoms with Crippen LogP contribution in [0.5, 0.6) is 0 Å². The number of pyridine rings is 1. The molecule has 3 heterocycles. The second-order valence-electron chi connectivity index (χ2n) is 8.12. The number of aromatic amines is 1. The first kappa shape index (κ1) is 24.1. The van der Waals surface area contributed by atoms with Crippen molar-refractivity contribution in [2.45, 2.75) is 38.7 Å². The van der Waals surface area contributed by atoms with E-state index in [1.54, 1.807) is 12.1 Å². The Balaban J connectivity index is 1.89. The lowest BCUT2D eigenvalue weighted by molar-refractivity contribution is -0.0879. The molecular weight excluding hydrogens is 458 g/mol. The van der Waals surface area contributed by atoms with Crippen LogP contribution in [0, 0.1) is 13.8 Å². The Labute approximate surface area is 197 Å². The molecule has 4 rings (SSSR count). The summed E-state index contributed by atoms with van der Waals surface area (Å²) < 4.78 is 6.93. The zero-order chi connectivity index (χ0) is 25.3. The molecule has 2 aromatic rings. The maximum absolute atomic E-state index is 12.7. The van der Waals surface area contributed by atoms with E-state index in [0.717, 1.165) is 11.1 Å². The number of benzene rings is 1. The first-order valence-electron chi connectivity index (χ1n) is 10.7. The fourth-order valence-electron chi connectivity index (χ4n) is 3.67. The third-order valence-electron chi connectivity index (χ3n) is 5.70. The minimum Gasteiger partial charge on any atom is -0.454 e. The normalized spacial score (nSPS) is 14.1. The van der Waals surface area contributed by atoms with Gasteiger partial charge in [0.25, 0.3) is 5.56 Å². The van der Waals surface area contributed by atoms with Crippen molar-refractivity contribution >= 4 is 17.0 Å². The molecule has 0 amide bonds. The van der Waals surface area contributed by atoms with Crippen molar-refractivity contribution in [1.29, 1.82) is 0 Å². The van der Waals surface area contributed by atoms with Crippen molar-refractivity contribution in [3.63, 3.8) is 0 Å². The van der Waals surface area contributed by atoms with Crippen molar-refractivity contribution in [1.82, 2.24) is 24.5 Å². The minimum atomic E-state index is -1.72. The highest BCUT2D eigenvalue weighted by molar-refractivity contribution is 5.89. The summed E-state index contributed by atoms with van der Waals surface area (Å²) in [5.41, 5.74) is 0.938. The van der Waals surface area contributed by atoms with E-state index in [0.29, 0.717) is 11.0 Å². The molecule has 0 radical (unpaired) electrons. The standard InChI is InChI=1S/C23H23N5O7/c1-11-6-14-15(7-12(11)2)28(20-18(25-14)21(32)27-23(34)26-20)9-17(19(31)16(30)10-29)35-22(33)13-4-3-5-24-8-13/h3-8,16-17,19,29-31H,9-10H2,1-2H3,(H,27,32,34)/t16-,17+,19-/m0/s1. The van der Waals surface area contributed by atoms with E-state index in [1.165, 1.54) is 29.1 Å². The molecule has 12 heteroatoms. The molecule has 2 aliphatic rings. The lowest BCUT2D eigenvalue weighted by Crippen LogP contribution is -2.45. The van der Waals surface area contributed by atoms with Gasteiger partial charge < -0.3 is 24.6 Å². The maximum Gasteiger partial charge on any atom is 0.349 e. The Hall–Kier alpha value is -4.00. The van der Waals surface area contributed by atoms with Gasteiger partial charge >= 0.3 is 11.7 Å². The lowest BCUT2D eigenvalue weighted by Gasteiger charge is -2.28. The number of aryl methyl sites for hydroxylation is 2. The third kappa shape index (κ3) is 4.80. The number of carbonyl (C=O) groups is 1. The molecule has 182 valence electrons. The molecule has 1 aromatic carbocycles. The van der Waals surface area contributed by atoms with Crippen LogP contribution in [-0.4, -0.2) is 70.7 Å². The summed E-state index contributed by atoms with van der Waals surface area (Å²) in [6, 6.07) is 6.50. The highest BCUT2D eigenvalue weighted by Crippen LogP contribution is 2.25. The smallest absolute Gasteiger partial charge is 0.349 e. The van der Waals surface area contributed by atoms with Gasteiger partial charge in [-0.1, -0.05) is 0 Å². The van der Waals surface area contributed by atoms with E-state index in [-0.39, 0.29) is 23.6 Å². The molecule has 3 atom stereocenters. The molecule has 4 N–H and O–H groups in total. The monoisotopic (exact) mass is 481 g/mol. The van der Waals surface area contributed by atoms with Gasteiger partial charge in [-0.25, -0.2) is 14.6 Å². The molecular formula is C23H23N5O7. The highest BCUT2D eigenvalue weighted by Gasteiger charge is 2.32. The number of rotatable bonds is 7. The molecule has 0 saturated heterocycles. The van der Waals surface area contributed by atoms with E-state index in [2.05, 4.69) is 19.9 Å². The molecule has 0 fully saturated rings. The molecule has 35 heavy (non-hydrogen) atoms. The van der Waals surface area contributed by atoms with E-state index < -0.39 is 42.1 Å². The van der Waals surface area contributed by atoms with Crippen LogP contribution in [0.15, 0.2) is 46.2 Å². The Kier molecular flexibility index (Phi) is 6.69. The van der Waals surface area contributed by atoms with Crippen molar-refractivity contribution < 1.29 is 24.9 Å². The van der Waals surface area contributed by atoms with E-state index in [4.69, 9.17) is 4.74 Å². The van der Waals surface area contributed by atoms with Crippen LogP contribution in [0.3, 0.4) is 0 Å². The fraction of sp³-hybridized carbons (Fsp3) is 0.304. The summed E-state index contributed by atoms with van der Waals surface area (Å²) in [5.74, 6) is -0.930. The summed E-state index contributed by atoms with van der Waals surface area (Å²) in [6.07, 6.45) is -2.03. The van der Waals surface area contributed by atoms with Crippen molar-refractivity contribution in [3.05, 3.63) is 74.2 Å². The van der Waals surface area contributed by atoms with Gasteiger partial charge in [0, 0.05) is 12.4 Å². The molecule has 0 spiro atoms. The molecule has 0 unspecified atom stereocenters. The van der Waals surface area contributed by atoms with Crippen LogP contribution < -0.4 is 11.2 Å². The summed E-state index contributed by atoms with van der Waals surface area (Å²) in [6.45, 7) is 2.61. The highest BCUT2D eigenvalue weighted by atomic mass is 16.6. The summed E-state index contributed by atoms with van der Waals surface area (Å²) in [7, 11) is 0. The zero-order valence-corrected chi connectivity index (χ0v) is 18.9. The topological polar surface area (TPSA) is 181 Å². The quantitative estimate of drug-likeness (QED) is 0.199. The molecule has 0 saturated carbocycles. The number of nitrogens with one attached hydrogen (secondary N) is 1. The fourth-order valence-corrected chi connectivity index (χ4v) is 3.67. The predicted octanol–water partition coefficient (Wildman–Crippen LogP) is -0.464. The molecule has 0 aliphatic carbocycles. The Morgan fingerprint density at radius 3 is 2.60 bits per heavy atom. The van der Waals surface area contributed by atoms with E-state index in [9.17, 15) is 29.7 Å². The second kappa shape index (κ2) is 9.70. The number of aliphatic hydroxyl groups excluding tert-OH is 3. The summed E-state index contributed by atoms with van der Waals surface area (Å²) >= 11 is 0. The number of fused-ring (bicyclic) bond motifs is 2. The van der Waals surface area contributed by atoms with Crippen LogP contribution in [0.2, 0.25) is 0 Å². The van der Waals surface area contributed by atoms with Crippen LogP contribution in [-0.2, 0) is 11.3 Å². The first-order chi connectivity index (χ1) is 16.7. The molecule has 0 bridgehead atoms. The van der Waals surface area contributed by atoms with Crippen LogP contribution in [0.25, 0.3) is 22.6 Å². The number of ether oxygens (including phenoxy) is 1. The van der Waals surface area contributed by atoms with Gasteiger partial charge in [-0.2, -0.15) is 4.98 Å². The van der Waals surface area contributed by atoms with Gasteiger partial charge in [-0.05, 0) is 49.2 Å². The molecule has 1 aromatic heterocycles. The minimum absolute atomic E-state index is 0.0948. The second-order valence-corrected chi connectivity index (χ2v) is 8.12. The van der Waals surface area contributed by atoms with E-state index >= 15 is 0 Å². The van der Waals surface area contributed by atoms with Gasteiger partial charge in [-0.15, -0.1) is 0 Å². The number of hydrogen-bond acceptors (Lipinski definition) is 10. The van der Waals surface area contributed by atoms with Gasteiger partial charge in [0.2, 0.25) is 0 Å². The number of hydrogen-bond donors (Lipinski definition) is 4. The van der Waals surface area contributed by atoms with E-state index in [1.807, 2.05) is 13.8 Å². The maximum atomic E-state index is 12.7. The predicted molar refractivity (Wildman–Crippen MR) is 123 cm³/mol. The number of aliphatic hydroxyl groups is 3. The Morgan fingerprint density at radius 1 is 1.17 bits per heavy atom. The van der Waals surface area contributed by atoms with Crippen LogP contribution in [0.1, 0.15) is 21.5 Å². The third-order valence-corrected chi connectivity index (χ3v) is 5.70. The average molecular weight is 481 g/mol. The van der Waals surface area contributed by atoms with Gasteiger partial charge in [-0.3, -0.25) is 14.8 Å². The van der Waals surface area contributed by atoms with Gasteiger partial charge in [0.05, 0.1) is 29.7 Å². The first-order valence-corrected chi connectivity index (χ1v) is 10.7. The number of H-pyrrole nitrogens is 1. The number of carbonyl (C=O) groups excluding carboxylic acids is 1. The number of nitrogens with zero attached hydrogens (tertiary/aromatic N) is 4. The van der Waals surface area contributed by atoms with Crippen LogP contribution >= 0.6 is 0 Å². The average Bonchev–Trinajstić information content (AvgIpc) is 2.84. The largest absolute Gasteiger partial charge is 0.454 e. The Morgan fingerprint density at radius 2 is 1.91 bits per heavy atom. The zero-order valence-electron chi connectivity index (χ0n) is 18.9. The number of aromatic nitrogens is 5. The Bertz CT molecular complexity index is 1470.